The predicted molar refractivity (Wildman–Crippen MR) is 87.3 cm³/mol. The fourth-order valence-electron chi connectivity index (χ4n) is 3.71. The van der Waals surface area contributed by atoms with Gasteiger partial charge in [-0.25, -0.2) is 4.79 Å². The van der Waals surface area contributed by atoms with E-state index in [0.29, 0.717) is 18.9 Å². The molecule has 1 aliphatic heterocycles. The maximum atomic E-state index is 12.6. The summed E-state index contributed by atoms with van der Waals surface area (Å²) < 4.78 is 0. The highest BCUT2D eigenvalue weighted by molar-refractivity contribution is 5.79. The molecule has 5 nitrogen and oxygen atoms in total. The summed E-state index contributed by atoms with van der Waals surface area (Å²) in [5.74, 6) is -0.479. The molecule has 124 valence electrons. The van der Waals surface area contributed by atoms with Crippen LogP contribution in [0.15, 0.2) is 18.2 Å². The number of aliphatic carboxylic acids is 1. The number of fused-ring (bicyclic) bond motifs is 1. The molecule has 2 N–H and O–H groups in total. The zero-order chi connectivity index (χ0) is 16.8. The van der Waals surface area contributed by atoms with Crippen molar-refractivity contribution in [1.29, 1.82) is 0 Å². The second-order valence-corrected chi connectivity index (χ2v) is 7.35. The predicted octanol–water partition coefficient (Wildman–Crippen LogP) is 2.73. The third kappa shape index (κ3) is 2.80. The van der Waals surface area contributed by atoms with Gasteiger partial charge in [0.2, 0.25) is 0 Å². The zero-order valence-corrected chi connectivity index (χ0v) is 13.9. The van der Waals surface area contributed by atoms with Gasteiger partial charge in [0.25, 0.3) is 0 Å². The number of hydrogen-bond donors (Lipinski definition) is 2. The number of urea groups is 1. The lowest BCUT2D eigenvalue weighted by atomic mass is 9.90. The monoisotopic (exact) mass is 316 g/mol. The molecule has 1 aromatic rings. The molecule has 3 atom stereocenters. The van der Waals surface area contributed by atoms with Gasteiger partial charge in [0.15, 0.2) is 0 Å². The van der Waals surface area contributed by atoms with Gasteiger partial charge in [-0.15, -0.1) is 0 Å². The fourth-order valence-corrected chi connectivity index (χ4v) is 3.71. The van der Waals surface area contributed by atoms with E-state index in [1.807, 2.05) is 0 Å². The van der Waals surface area contributed by atoms with Gasteiger partial charge < -0.3 is 15.3 Å². The van der Waals surface area contributed by atoms with Crippen LogP contribution in [-0.4, -0.2) is 35.1 Å². The molecule has 2 amide bonds. The normalized spacial score (nSPS) is 29.4. The summed E-state index contributed by atoms with van der Waals surface area (Å²) in [4.78, 5) is 25.5. The van der Waals surface area contributed by atoms with Gasteiger partial charge in [-0.3, -0.25) is 4.79 Å². The highest BCUT2D eigenvalue weighted by atomic mass is 16.4. The van der Waals surface area contributed by atoms with E-state index in [9.17, 15) is 14.7 Å². The Balaban J connectivity index is 1.72. The van der Waals surface area contributed by atoms with Gasteiger partial charge in [0.05, 0.1) is 11.5 Å². The molecule has 0 spiro atoms. The molecule has 0 radical (unpaired) electrons. The van der Waals surface area contributed by atoms with Crippen molar-refractivity contribution in [2.45, 2.75) is 39.7 Å². The Bertz CT molecular complexity index is 658. The minimum Gasteiger partial charge on any atom is -0.481 e. The highest BCUT2D eigenvalue weighted by Gasteiger charge is 2.43. The molecular formula is C18H24N2O3. The van der Waals surface area contributed by atoms with Gasteiger partial charge >= 0.3 is 12.0 Å². The fraction of sp³-hybridized carbons (Fsp3) is 0.556. The van der Waals surface area contributed by atoms with Crippen LogP contribution in [0, 0.1) is 18.3 Å². The van der Waals surface area contributed by atoms with Crippen LogP contribution in [-0.2, 0) is 11.2 Å². The molecule has 1 heterocycles. The van der Waals surface area contributed by atoms with Crippen molar-refractivity contribution in [2.24, 2.45) is 11.3 Å². The highest BCUT2D eigenvalue weighted by Crippen LogP contribution is 2.37. The van der Waals surface area contributed by atoms with Crippen LogP contribution in [0.3, 0.4) is 0 Å². The summed E-state index contributed by atoms with van der Waals surface area (Å²) in [7, 11) is 0. The van der Waals surface area contributed by atoms with Crippen LogP contribution in [0.5, 0.6) is 0 Å². The van der Waals surface area contributed by atoms with E-state index in [1.54, 1.807) is 11.8 Å². The number of rotatable bonds is 2. The summed E-state index contributed by atoms with van der Waals surface area (Å²) in [6.45, 7) is 6.68. The first kappa shape index (κ1) is 15.8. The average molecular weight is 316 g/mol. The van der Waals surface area contributed by atoms with E-state index in [1.165, 1.54) is 16.7 Å². The Morgan fingerprint density at radius 3 is 2.78 bits per heavy atom. The quantitative estimate of drug-likeness (QED) is 0.881. The Labute approximate surface area is 136 Å². The van der Waals surface area contributed by atoms with E-state index < -0.39 is 11.4 Å². The minimum atomic E-state index is -0.831. The van der Waals surface area contributed by atoms with Gasteiger partial charge in [-0.05, 0) is 43.7 Å². The second-order valence-electron chi connectivity index (χ2n) is 7.35. The molecular weight excluding hydrogens is 292 g/mol. The minimum absolute atomic E-state index is 0.00841. The molecule has 3 unspecified atom stereocenters. The molecule has 1 aromatic carbocycles. The Morgan fingerprint density at radius 1 is 1.39 bits per heavy atom. The largest absolute Gasteiger partial charge is 0.481 e. The maximum Gasteiger partial charge on any atom is 0.317 e. The van der Waals surface area contributed by atoms with Crippen LogP contribution in [0.25, 0.3) is 0 Å². The number of nitrogens with zero attached hydrogens (tertiary/aromatic N) is 1. The van der Waals surface area contributed by atoms with E-state index in [4.69, 9.17) is 0 Å². The summed E-state index contributed by atoms with van der Waals surface area (Å²) >= 11 is 0. The van der Waals surface area contributed by atoms with E-state index >= 15 is 0 Å². The summed E-state index contributed by atoms with van der Waals surface area (Å²) in [5.41, 5.74) is 2.86. The van der Waals surface area contributed by atoms with Gasteiger partial charge in [0.1, 0.15) is 0 Å². The van der Waals surface area contributed by atoms with Crippen molar-refractivity contribution in [3.05, 3.63) is 34.9 Å². The number of carbonyl (C=O) groups excluding carboxylic acids is 1. The second kappa shape index (κ2) is 5.55. The Hall–Kier alpha value is -2.04. The molecule has 1 aliphatic carbocycles. The smallest absolute Gasteiger partial charge is 0.317 e. The van der Waals surface area contributed by atoms with Crippen LogP contribution in [0.4, 0.5) is 4.79 Å². The van der Waals surface area contributed by atoms with E-state index in [-0.39, 0.29) is 18.6 Å². The van der Waals surface area contributed by atoms with Gasteiger partial charge in [-0.1, -0.05) is 30.7 Å². The molecule has 0 bridgehead atoms. The van der Waals surface area contributed by atoms with E-state index in [2.05, 4.69) is 37.4 Å². The molecule has 5 heteroatoms. The summed E-state index contributed by atoms with van der Waals surface area (Å²) in [5, 5.41) is 12.4. The van der Waals surface area contributed by atoms with Gasteiger partial charge in [0, 0.05) is 13.1 Å². The summed E-state index contributed by atoms with van der Waals surface area (Å²) in [6.07, 6.45) is 1.47. The van der Waals surface area contributed by atoms with Crippen molar-refractivity contribution >= 4 is 12.0 Å². The Kier molecular flexibility index (Phi) is 3.82. The standard InChI is InChI=1S/C18H24N2O3/c1-11-4-5-13-9-12(2)15(14(13)8-11)19-17(23)20-7-6-18(3,10-20)16(21)22/h4-5,8,12,15H,6-7,9-10H2,1-3H3,(H,19,23)(H,21,22). The molecule has 2 aliphatic rings. The number of carboxylic acid groups (broad SMARTS) is 1. The number of nitrogens with one attached hydrogen (secondary N) is 1. The van der Waals surface area contributed by atoms with Gasteiger partial charge in [-0.2, -0.15) is 0 Å². The van der Waals surface area contributed by atoms with Crippen molar-refractivity contribution in [2.75, 3.05) is 13.1 Å². The average Bonchev–Trinajstić information content (AvgIpc) is 3.02. The molecule has 1 saturated heterocycles. The lowest BCUT2D eigenvalue weighted by Gasteiger charge is -2.25. The third-order valence-electron chi connectivity index (χ3n) is 5.30. The first-order valence-electron chi connectivity index (χ1n) is 8.18. The SMILES string of the molecule is Cc1ccc2c(c1)C(NC(=O)N1CCC(C)(C(=O)O)C1)C(C)C2. The van der Waals surface area contributed by atoms with Crippen LogP contribution >= 0.6 is 0 Å². The number of benzene rings is 1. The molecule has 23 heavy (non-hydrogen) atoms. The lowest BCUT2D eigenvalue weighted by molar-refractivity contribution is -0.147. The number of amides is 2. The van der Waals surface area contributed by atoms with Crippen LogP contribution in [0.1, 0.15) is 43.0 Å². The number of hydrogen-bond acceptors (Lipinski definition) is 2. The lowest BCUT2D eigenvalue weighted by Crippen LogP contribution is -2.43. The first-order valence-corrected chi connectivity index (χ1v) is 8.18. The maximum absolute atomic E-state index is 12.6. The molecule has 3 rings (SSSR count). The molecule has 0 aromatic heterocycles. The summed E-state index contributed by atoms with van der Waals surface area (Å²) in [6, 6.07) is 6.25. The number of aryl methyl sites for hydroxylation is 1. The Morgan fingerprint density at radius 2 is 2.13 bits per heavy atom. The van der Waals surface area contributed by atoms with Crippen molar-refractivity contribution in [1.82, 2.24) is 10.2 Å². The van der Waals surface area contributed by atoms with Crippen molar-refractivity contribution in [3.63, 3.8) is 0 Å². The third-order valence-corrected chi connectivity index (χ3v) is 5.30. The molecule has 1 fully saturated rings. The molecule has 0 saturated carbocycles. The van der Waals surface area contributed by atoms with Crippen molar-refractivity contribution < 1.29 is 14.7 Å². The zero-order valence-electron chi connectivity index (χ0n) is 13.9. The number of carboxylic acids is 1. The van der Waals surface area contributed by atoms with E-state index in [0.717, 1.165) is 6.42 Å². The number of carbonyl (C=O) groups is 2. The van der Waals surface area contributed by atoms with Crippen LogP contribution < -0.4 is 5.32 Å². The van der Waals surface area contributed by atoms with Crippen LogP contribution in [0.2, 0.25) is 0 Å². The van der Waals surface area contributed by atoms with Crippen molar-refractivity contribution in [3.8, 4) is 0 Å². The topological polar surface area (TPSA) is 69.6 Å². The first-order chi connectivity index (χ1) is 10.8. The number of likely N-dealkylation sites (tertiary alicyclic amines) is 1.